The zero-order valence-electron chi connectivity index (χ0n) is 13.1. The number of aromatic amines is 1. The minimum absolute atomic E-state index is 0.00428. The van der Waals surface area contributed by atoms with E-state index in [4.69, 9.17) is 0 Å². The predicted octanol–water partition coefficient (Wildman–Crippen LogP) is 2.34. The Labute approximate surface area is 147 Å². The lowest BCUT2D eigenvalue weighted by Gasteiger charge is -2.02. The van der Waals surface area contributed by atoms with E-state index in [1.807, 2.05) is 17.5 Å². The molecule has 0 aliphatic carbocycles. The van der Waals surface area contributed by atoms with Crippen molar-refractivity contribution in [2.24, 2.45) is 0 Å². The number of nitrogens with one attached hydrogen (secondary N) is 2. The highest BCUT2D eigenvalue weighted by molar-refractivity contribution is 7.09. The molecule has 128 valence electrons. The number of benzene rings is 1. The molecule has 0 bridgehead atoms. The van der Waals surface area contributed by atoms with Gasteiger partial charge < -0.3 is 5.32 Å². The average molecular weight is 357 g/mol. The summed E-state index contributed by atoms with van der Waals surface area (Å²) in [4.78, 5) is 27.6. The summed E-state index contributed by atoms with van der Waals surface area (Å²) in [5, 5.41) is 22.3. The third kappa shape index (κ3) is 4.48. The molecule has 3 aromatic rings. The van der Waals surface area contributed by atoms with Gasteiger partial charge in [0.1, 0.15) is 5.82 Å². The number of non-ortho nitro benzene ring substituents is 1. The molecule has 2 N–H and O–H groups in total. The van der Waals surface area contributed by atoms with Crippen molar-refractivity contribution in [1.82, 2.24) is 20.5 Å². The maximum absolute atomic E-state index is 11.9. The normalized spacial score (nSPS) is 10.6. The van der Waals surface area contributed by atoms with Gasteiger partial charge in [-0.2, -0.15) is 5.10 Å². The van der Waals surface area contributed by atoms with Crippen LogP contribution in [0.1, 0.15) is 10.7 Å². The summed E-state index contributed by atoms with van der Waals surface area (Å²) in [5.41, 5.74) is 0.649. The maximum atomic E-state index is 11.9. The Morgan fingerprint density at radius 2 is 2.08 bits per heavy atom. The fraction of sp³-hybridized carbons (Fsp3) is 0.188. The van der Waals surface area contributed by atoms with Crippen LogP contribution in [-0.4, -0.2) is 32.6 Å². The molecule has 0 aliphatic rings. The molecule has 2 heterocycles. The van der Waals surface area contributed by atoms with Crippen LogP contribution in [0.25, 0.3) is 11.4 Å². The fourth-order valence-electron chi connectivity index (χ4n) is 2.23. The highest BCUT2D eigenvalue weighted by Gasteiger charge is 2.11. The van der Waals surface area contributed by atoms with Crippen LogP contribution in [0, 0.1) is 10.1 Å². The Hall–Kier alpha value is -3.07. The zero-order chi connectivity index (χ0) is 17.6. The highest BCUT2D eigenvalue weighted by Crippen LogP contribution is 2.19. The number of rotatable bonds is 7. The van der Waals surface area contributed by atoms with Crippen LogP contribution in [-0.2, 0) is 17.6 Å². The first-order chi connectivity index (χ1) is 12.1. The van der Waals surface area contributed by atoms with Crippen molar-refractivity contribution >= 4 is 22.9 Å². The number of thiophene rings is 1. The standard InChI is InChI=1S/C16H15N5O3S/c22-15(17-8-7-13-2-1-9-25-13)10-14-18-16(20-19-14)11-3-5-12(6-4-11)21(23)24/h1-6,9H,7-8,10H2,(H,17,22)(H,18,19,20). The molecule has 1 aromatic carbocycles. The Balaban J connectivity index is 1.54. The van der Waals surface area contributed by atoms with Gasteiger partial charge in [-0.15, -0.1) is 11.3 Å². The lowest BCUT2D eigenvalue weighted by molar-refractivity contribution is -0.384. The van der Waals surface area contributed by atoms with Crippen LogP contribution in [0.4, 0.5) is 5.69 Å². The molecule has 9 heteroatoms. The molecular formula is C16H15N5O3S. The summed E-state index contributed by atoms with van der Waals surface area (Å²) in [6.07, 6.45) is 0.901. The third-order valence-electron chi connectivity index (χ3n) is 3.47. The molecule has 0 saturated heterocycles. The largest absolute Gasteiger partial charge is 0.355 e. The summed E-state index contributed by atoms with van der Waals surface area (Å²) in [5.74, 6) is 0.709. The highest BCUT2D eigenvalue weighted by atomic mass is 32.1. The van der Waals surface area contributed by atoms with E-state index in [0.717, 1.165) is 6.42 Å². The molecule has 0 fully saturated rings. The number of aromatic nitrogens is 3. The number of nitro benzene ring substituents is 1. The van der Waals surface area contributed by atoms with Gasteiger partial charge in [0.05, 0.1) is 11.3 Å². The van der Waals surface area contributed by atoms with E-state index in [1.54, 1.807) is 23.5 Å². The third-order valence-corrected chi connectivity index (χ3v) is 4.41. The smallest absolute Gasteiger partial charge is 0.269 e. The molecule has 0 radical (unpaired) electrons. The Bertz CT molecular complexity index is 858. The lowest BCUT2D eigenvalue weighted by Crippen LogP contribution is -2.27. The van der Waals surface area contributed by atoms with Gasteiger partial charge in [-0.05, 0) is 30.0 Å². The fourth-order valence-corrected chi connectivity index (χ4v) is 2.94. The first-order valence-corrected chi connectivity index (χ1v) is 8.45. The first kappa shape index (κ1) is 16.8. The second-order valence-corrected chi connectivity index (χ2v) is 6.30. The molecule has 0 aliphatic heterocycles. The number of hydrogen-bond donors (Lipinski definition) is 2. The number of carbonyl (C=O) groups is 1. The second-order valence-electron chi connectivity index (χ2n) is 5.27. The van der Waals surface area contributed by atoms with Crippen LogP contribution in [0.3, 0.4) is 0 Å². The van der Waals surface area contributed by atoms with Crippen molar-refractivity contribution in [3.63, 3.8) is 0 Å². The summed E-state index contributed by atoms with van der Waals surface area (Å²) < 4.78 is 0. The predicted molar refractivity (Wildman–Crippen MR) is 93.2 cm³/mol. The van der Waals surface area contributed by atoms with Crippen molar-refractivity contribution in [3.05, 3.63) is 62.6 Å². The number of amides is 1. The lowest BCUT2D eigenvalue weighted by atomic mass is 10.2. The summed E-state index contributed by atoms with van der Waals surface area (Å²) in [6, 6.07) is 9.95. The van der Waals surface area contributed by atoms with E-state index in [9.17, 15) is 14.9 Å². The summed E-state index contributed by atoms with van der Waals surface area (Å²) >= 11 is 1.66. The van der Waals surface area contributed by atoms with Crippen molar-refractivity contribution in [3.8, 4) is 11.4 Å². The van der Waals surface area contributed by atoms with Gasteiger partial charge in [-0.25, -0.2) is 4.98 Å². The average Bonchev–Trinajstić information content (AvgIpc) is 3.27. The van der Waals surface area contributed by atoms with Crippen LogP contribution < -0.4 is 5.32 Å². The van der Waals surface area contributed by atoms with Crippen LogP contribution in [0.2, 0.25) is 0 Å². The molecule has 2 aromatic heterocycles. The van der Waals surface area contributed by atoms with E-state index < -0.39 is 4.92 Å². The van der Waals surface area contributed by atoms with Gasteiger partial charge in [-0.1, -0.05) is 6.07 Å². The van der Waals surface area contributed by atoms with Gasteiger partial charge in [0, 0.05) is 29.1 Å². The van der Waals surface area contributed by atoms with Gasteiger partial charge in [-0.3, -0.25) is 20.0 Å². The van der Waals surface area contributed by atoms with Gasteiger partial charge >= 0.3 is 0 Å². The van der Waals surface area contributed by atoms with Crippen molar-refractivity contribution < 1.29 is 9.72 Å². The van der Waals surface area contributed by atoms with Gasteiger partial charge in [0.25, 0.3) is 5.69 Å². The van der Waals surface area contributed by atoms with E-state index in [0.29, 0.717) is 23.8 Å². The quantitative estimate of drug-likeness (QED) is 0.498. The molecule has 0 atom stereocenters. The second kappa shape index (κ2) is 7.67. The molecule has 8 nitrogen and oxygen atoms in total. The number of H-pyrrole nitrogens is 1. The number of hydrogen-bond acceptors (Lipinski definition) is 6. The topological polar surface area (TPSA) is 114 Å². The maximum Gasteiger partial charge on any atom is 0.269 e. The van der Waals surface area contributed by atoms with Crippen LogP contribution >= 0.6 is 11.3 Å². The number of nitro groups is 1. The SMILES string of the molecule is O=C(Cc1nc(-c2ccc([N+](=O)[O-])cc2)n[nH]1)NCCc1cccs1. The molecule has 1 amide bonds. The summed E-state index contributed by atoms with van der Waals surface area (Å²) in [7, 11) is 0. The first-order valence-electron chi connectivity index (χ1n) is 7.57. The molecule has 3 rings (SSSR count). The molecule has 0 unspecified atom stereocenters. The van der Waals surface area contributed by atoms with Crippen molar-refractivity contribution in [2.75, 3.05) is 6.54 Å². The number of nitrogens with zero attached hydrogens (tertiary/aromatic N) is 3. The van der Waals surface area contributed by atoms with Gasteiger partial charge in [0.2, 0.25) is 5.91 Å². The monoisotopic (exact) mass is 357 g/mol. The molecule has 0 spiro atoms. The van der Waals surface area contributed by atoms with Gasteiger partial charge in [0.15, 0.2) is 5.82 Å². The van der Waals surface area contributed by atoms with E-state index in [2.05, 4.69) is 20.5 Å². The molecular weight excluding hydrogens is 342 g/mol. The minimum Gasteiger partial charge on any atom is -0.355 e. The Morgan fingerprint density at radius 3 is 2.76 bits per heavy atom. The van der Waals surface area contributed by atoms with Crippen molar-refractivity contribution in [1.29, 1.82) is 0 Å². The van der Waals surface area contributed by atoms with Crippen molar-refractivity contribution in [2.45, 2.75) is 12.8 Å². The van der Waals surface area contributed by atoms with Crippen LogP contribution in [0.15, 0.2) is 41.8 Å². The van der Waals surface area contributed by atoms with E-state index in [-0.39, 0.29) is 18.0 Å². The van der Waals surface area contributed by atoms with Crippen LogP contribution in [0.5, 0.6) is 0 Å². The minimum atomic E-state index is -0.465. The molecule has 25 heavy (non-hydrogen) atoms. The Kier molecular flexibility index (Phi) is 5.14. The summed E-state index contributed by atoms with van der Waals surface area (Å²) in [6.45, 7) is 0.572. The zero-order valence-corrected chi connectivity index (χ0v) is 14.0. The van der Waals surface area contributed by atoms with E-state index >= 15 is 0 Å². The number of carbonyl (C=O) groups excluding carboxylic acids is 1. The molecule has 0 saturated carbocycles. The van der Waals surface area contributed by atoms with E-state index in [1.165, 1.54) is 17.0 Å². The Morgan fingerprint density at radius 1 is 1.28 bits per heavy atom.